The summed E-state index contributed by atoms with van der Waals surface area (Å²) in [6.07, 6.45) is 6.18. The van der Waals surface area contributed by atoms with E-state index in [4.69, 9.17) is 0 Å². The van der Waals surface area contributed by atoms with Crippen LogP contribution in [0.3, 0.4) is 0 Å². The van der Waals surface area contributed by atoms with Crippen molar-refractivity contribution in [2.24, 2.45) is 5.92 Å². The van der Waals surface area contributed by atoms with Gasteiger partial charge in [-0.15, -0.1) is 0 Å². The van der Waals surface area contributed by atoms with E-state index < -0.39 is 0 Å². The van der Waals surface area contributed by atoms with E-state index in [1.165, 1.54) is 0 Å². The molecule has 2 aliphatic rings. The topological polar surface area (TPSA) is 58.4 Å². The van der Waals surface area contributed by atoms with E-state index in [2.05, 4.69) is 23.7 Å². The second kappa shape index (κ2) is 8.33. The van der Waals surface area contributed by atoms with Gasteiger partial charge in [0.05, 0.1) is 12.0 Å². The molecule has 1 aromatic rings. The molecule has 6 nitrogen and oxygen atoms in total. The van der Waals surface area contributed by atoms with Gasteiger partial charge in [0.1, 0.15) is 0 Å². The lowest BCUT2D eigenvalue weighted by Gasteiger charge is -2.35. The lowest BCUT2D eigenvalue weighted by molar-refractivity contribution is -0.130. The number of amides is 1. The number of hydrogen-bond donors (Lipinski definition) is 0. The molecule has 26 heavy (non-hydrogen) atoms. The lowest BCUT2D eigenvalue weighted by atomic mass is 9.96. The van der Waals surface area contributed by atoms with Crippen LogP contribution in [0.15, 0.2) is 17.2 Å². The monoisotopic (exact) mass is 360 g/mol. The molecule has 3 rings (SSSR count). The number of hydrogen-bond acceptors (Lipinski definition) is 4. The number of rotatable bonds is 5. The molecule has 144 valence electrons. The SMILES string of the molecule is CC(=O)N1CCCC1CN1CCC(Cn2cnc(C(C)C)cc2=O)CC1. The Hall–Kier alpha value is -1.69. The van der Waals surface area contributed by atoms with Gasteiger partial charge in [-0.3, -0.25) is 14.2 Å². The minimum absolute atomic E-state index is 0.0641. The van der Waals surface area contributed by atoms with Crippen LogP contribution in [0.2, 0.25) is 0 Å². The number of nitrogens with zero attached hydrogens (tertiary/aromatic N) is 4. The normalized spacial score (nSPS) is 22.3. The van der Waals surface area contributed by atoms with Crippen LogP contribution in [-0.2, 0) is 11.3 Å². The van der Waals surface area contributed by atoms with Gasteiger partial charge in [0.25, 0.3) is 5.56 Å². The Kier molecular flexibility index (Phi) is 6.12. The average Bonchev–Trinajstić information content (AvgIpc) is 3.06. The third-order valence-corrected chi connectivity index (χ3v) is 5.90. The number of carbonyl (C=O) groups is 1. The Labute approximate surface area is 156 Å². The Bertz CT molecular complexity index is 677. The van der Waals surface area contributed by atoms with Crippen LogP contribution in [0.4, 0.5) is 0 Å². The van der Waals surface area contributed by atoms with Gasteiger partial charge < -0.3 is 9.80 Å². The third-order valence-electron chi connectivity index (χ3n) is 5.90. The summed E-state index contributed by atoms with van der Waals surface area (Å²) in [5.41, 5.74) is 0.932. The van der Waals surface area contributed by atoms with E-state index in [1.54, 1.807) is 23.9 Å². The summed E-state index contributed by atoms with van der Waals surface area (Å²) >= 11 is 0. The molecule has 0 saturated carbocycles. The van der Waals surface area contributed by atoms with Gasteiger partial charge in [-0.1, -0.05) is 13.8 Å². The first-order chi connectivity index (χ1) is 12.4. The molecule has 2 fully saturated rings. The molecule has 1 unspecified atom stereocenters. The quantitative estimate of drug-likeness (QED) is 0.807. The molecule has 3 heterocycles. The Morgan fingerprint density at radius 2 is 1.92 bits per heavy atom. The lowest BCUT2D eigenvalue weighted by Crippen LogP contribution is -2.45. The summed E-state index contributed by atoms with van der Waals surface area (Å²) in [6.45, 7) is 10.6. The highest BCUT2D eigenvalue weighted by Gasteiger charge is 2.29. The first kappa shape index (κ1) is 19.1. The minimum atomic E-state index is 0.0641. The predicted molar refractivity (Wildman–Crippen MR) is 102 cm³/mol. The molecule has 0 radical (unpaired) electrons. The van der Waals surface area contributed by atoms with E-state index in [0.717, 1.165) is 64.1 Å². The maximum Gasteiger partial charge on any atom is 0.253 e. The molecule has 0 aliphatic carbocycles. The van der Waals surface area contributed by atoms with Gasteiger partial charge in [0.15, 0.2) is 0 Å². The van der Waals surface area contributed by atoms with Crippen molar-refractivity contribution in [1.82, 2.24) is 19.4 Å². The number of piperidine rings is 1. The molecule has 1 aromatic heterocycles. The fraction of sp³-hybridized carbons (Fsp3) is 0.750. The van der Waals surface area contributed by atoms with Gasteiger partial charge in [-0.05, 0) is 50.6 Å². The van der Waals surface area contributed by atoms with Gasteiger partial charge in [0, 0.05) is 38.7 Å². The van der Waals surface area contributed by atoms with Crippen molar-refractivity contribution in [3.8, 4) is 0 Å². The fourth-order valence-electron chi connectivity index (χ4n) is 4.26. The van der Waals surface area contributed by atoms with Crippen molar-refractivity contribution < 1.29 is 4.79 Å². The third kappa shape index (κ3) is 4.53. The van der Waals surface area contributed by atoms with Crippen molar-refractivity contribution >= 4 is 5.91 Å². The van der Waals surface area contributed by atoms with Gasteiger partial charge in [-0.2, -0.15) is 0 Å². The Balaban J connectivity index is 1.50. The smallest absolute Gasteiger partial charge is 0.253 e. The largest absolute Gasteiger partial charge is 0.339 e. The first-order valence-corrected chi connectivity index (χ1v) is 10.00. The molecule has 1 amide bonds. The van der Waals surface area contributed by atoms with Crippen molar-refractivity contribution in [2.45, 2.75) is 65.0 Å². The Morgan fingerprint density at radius 1 is 1.19 bits per heavy atom. The second-order valence-corrected chi connectivity index (χ2v) is 8.21. The van der Waals surface area contributed by atoms with Crippen LogP contribution >= 0.6 is 0 Å². The molecule has 0 N–H and O–H groups in total. The second-order valence-electron chi connectivity index (χ2n) is 8.21. The average molecular weight is 361 g/mol. The zero-order valence-electron chi connectivity index (χ0n) is 16.4. The minimum Gasteiger partial charge on any atom is -0.339 e. The molecule has 6 heteroatoms. The van der Waals surface area contributed by atoms with E-state index >= 15 is 0 Å². The Morgan fingerprint density at radius 3 is 2.54 bits per heavy atom. The van der Waals surface area contributed by atoms with E-state index in [1.807, 2.05) is 4.90 Å². The van der Waals surface area contributed by atoms with Crippen LogP contribution in [0.5, 0.6) is 0 Å². The van der Waals surface area contributed by atoms with E-state index in [9.17, 15) is 9.59 Å². The fourth-order valence-corrected chi connectivity index (χ4v) is 4.26. The van der Waals surface area contributed by atoms with Crippen molar-refractivity contribution in [3.63, 3.8) is 0 Å². The highest BCUT2D eigenvalue weighted by atomic mass is 16.2. The highest BCUT2D eigenvalue weighted by molar-refractivity contribution is 5.73. The molecule has 2 saturated heterocycles. The molecule has 2 aliphatic heterocycles. The van der Waals surface area contributed by atoms with E-state index in [-0.39, 0.29) is 17.4 Å². The molecule has 0 spiro atoms. The molecule has 0 aromatic carbocycles. The maximum absolute atomic E-state index is 12.3. The van der Waals surface area contributed by atoms with Crippen LogP contribution in [0, 0.1) is 5.92 Å². The predicted octanol–water partition coefficient (Wildman–Crippen LogP) is 2.09. The molecule has 0 bridgehead atoms. The van der Waals surface area contributed by atoms with Crippen molar-refractivity contribution in [2.75, 3.05) is 26.2 Å². The van der Waals surface area contributed by atoms with E-state index in [0.29, 0.717) is 12.0 Å². The van der Waals surface area contributed by atoms with Crippen LogP contribution in [0.25, 0.3) is 0 Å². The highest BCUT2D eigenvalue weighted by Crippen LogP contribution is 2.23. The first-order valence-electron chi connectivity index (χ1n) is 10.00. The van der Waals surface area contributed by atoms with Gasteiger partial charge in [-0.25, -0.2) is 4.98 Å². The van der Waals surface area contributed by atoms with Crippen LogP contribution < -0.4 is 5.56 Å². The number of likely N-dealkylation sites (tertiary alicyclic amines) is 2. The number of carbonyl (C=O) groups excluding carboxylic acids is 1. The zero-order chi connectivity index (χ0) is 18.7. The molecular weight excluding hydrogens is 328 g/mol. The summed E-state index contributed by atoms with van der Waals surface area (Å²) in [7, 11) is 0. The van der Waals surface area contributed by atoms with Crippen LogP contribution in [-0.4, -0.2) is 57.5 Å². The summed E-state index contributed by atoms with van der Waals surface area (Å²) in [5.74, 6) is 1.02. The zero-order valence-corrected chi connectivity index (χ0v) is 16.4. The van der Waals surface area contributed by atoms with Crippen molar-refractivity contribution in [1.29, 1.82) is 0 Å². The summed E-state index contributed by atoms with van der Waals surface area (Å²) in [4.78, 5) is 33.0. The summed E-state index contributed by atoms with van der Waals surface area (Å²) < 4.78 is 1.76. The summed E-state index contributed by atoms with van der Waals surface area (Å²) in [6, 6.07) is 2.07. The standard InChI is InChI=1S/C20H32N4O2/c1-15(2)19-11-20(26)23(14-21-19)12-17-6-9-22(10-7-17)13-18-5-4-8-24(18)16(3)25/h11,14-15,17-18H,4-10,12-13H2,1-3H3. The van der Waals surface area contributed by atoms with Crippen LogP contribution in [0.1, 0.15) is 58.1 Å². The number of aromatic nitrogens is 2. The van der Waals surface area contributed by atoms with Gasteiger partial charge in [0.2, 0.25) is 5.91 Å². The van der Waals surface area contributed by atoms with Crippen molar-refractivity contribution in [3.05, 3.63) is 28.4 Å². The van der Waals surface area contributed by atoms with Gasteiger partial charge >= 0.3 is 0 Å². The molecule has 1 atom stereocenters. The maximum atomic E-state index is 12.3. The summed E-state index contributed by atoms with van der Waals surface area (Å²) in [5, 5.41) is 0. The molecular formula is C20H32N4O2.